The number of nitriles is 4. The van der Waals surface area contributed by atoms with Gasteiger partial charge in [0, 0.05) is 23.5 Å². The highest BCUT2D eigenvalue weighted by molar-refractivity contribution is 5.62. The Morgan fingerprint density at radius 3 is 1.93 bits per heavy atom. The van der Waals surface area contributed by atoms with Gasteiger partial charge in [-0.25, -0.2) is 0 Å². The number of hydrogen-bond donors (Lipinski definition) is 0. The highest BCUT2D eigenvalue weighted by Gasteiger charge is 2.64. The molecule has 2 aromatic carbocycles. The van der Waals surface area contributed by atoms with Gasteiger partial charge in [0.15, 0.2) is 10.8 Å². The van der Waals surface area contributed by atoms with E-state index >= 15 is 0 Å². The number of rotatable bonds is 2. The maximum atomic E-state index is 10.1. The Balaban J connectivity index is 2.05. The normalized spacial score (nSPS) is 18.3. The summed E-state index contributed by atoms with van der Waals surface area (Å²) in [7, 11) is 0. The van der Waals surface area contributed by atoms with Gasteiger partial charge in [0.25, 0.3) is 0 Å². The molecule has 29 heavy (non-hydrogen) atoms. The van der Waals surface area contributed by atoms with Gasteiger partial charge in [0.2, 0.25) is 0 Å². The van der Waals surface area contributed by atoms with E-state index in [4.69, 9.17) is 4.42 Å². The van der Waals surface area contributed by atoms with Gasteiger partial charge in [-0.1, -0.05) is 60.7 Å². The number of nitrogens with zero attached hydrogens (tertiary/aromatic N) is 4. The molecule has 0 aliphatic heterocycles. The van der Waals surface area contributed by atoms with Gasteiger partial charge in [-0.2, -0.15) is 21.0 Å². The maximum Gasteiger partial charge on any atom is 0.186 e. The van der Waals surface area contributed by atoms with Gasteiger partial charge in [0.05, 0.1) is 24.3 Å². The van der Waals surface area contributed by atoms with Crippen LogP contribution in [0.2, 0.25) is 0 Å². The van der Waals surface area contributed by atoms with E-state index in [9.17, 15) is 21.0 Å². The molecule has 5 nitrogen and oxygen atoms in total. The van der Waals surface area contributed by atoms with Gasteiger partial charge in [-0.3, -0.25) is 0 Å². The third-order valence-corrected chi connectivity index (χ3v) is 5.61. The summed E-state index contributed by atoms with van der Waals surface area (Å²) in [5.74, 6) is 0.248. The van der Waals surface area contributed by atoms with Crippen LogP contribution in [0.25, 0.3) is 11.3 Å². The zero-order valence-corrected chi connectivity index (χ0v) is 15.3. The predicted octanol–water partition coefficient (Wildman–Crippen LogP) is 4.70. The van der Waals surface area contributed by atoms with Crippen LogP contribution in [0.1, 0.15) is 22.8 Å². The molecular formula is C24H14N4O. The minimum absolute atomic E-state index is 0.118. The van der Waals surface area contributed by atoms with Gasteiger partial charge in [0.1, 0.15) is 11.5 Å². The van der Waals surface area contributed by atoms with E-state index in [1.807, 2.05) is 66.7 Å². The molecule has 1 unspecified atom stereocenters. The monoisotopic (exact) mass is 374 g/mol. The first-order valence-electron chi connectivity index (χ1n) is 9.02. The minimum atomic E-state index is -1.87. The Kier molecular flexibility index (Phi) is 4.16. The molecule has 1 aliphatic carbocycles. The Bertz CT molecular complexity index is 1200. The lowest BCUT2D eigenvalue weighted by Crippen LogP contribution is -2.48. The van der Waals surface area contributed by atoms with Crippen molar-refractivity contribution in [1.29, 1.82) is 21.0 Å². The van der Waals surface area contributed by atoms with Crippen LogP contribution in [0.3, 0.4) is 0 Å². The van der Waals surface area contributed by atoms with E-state index in [-0.39, 0.29) is 6.42 Å². The third kappa shape index (κ3) is 2.43. The molecule has 0 saturated carbocycles. The SMILES string of the molecule is N#CC1(C#N)Cc2oc(-c3ccccc3)cc2C(c2ccccc2)C1(C#N)C#N. The van der Waals surface area contributed by atoms with E-state index in [2.05, 4.69) is 12.1 Å². The molecule has 0 saturated heterocycles. The summed E-state index contributed by atoms with van der Waals surface area (Å²) in [6.45, 7) is 0. The van der Waals surface area contributed by atoms with Crippen LogP contribution >= 0.6 is 0 Å². The Morgan fingerprint density at radius 2 is 1.38 bits per heavy atom. The van der Waals surface area contributed by atoms with Crippen LogP contribution in [0.5, 0.6) is 0 Å². The molecule has 0 radical (unpaired) electrons. The number of benzene rings is 2. The third-order valence-electron chi connectivity index (χ3n) is 5.61. The molecule has 0 amide bonds. The number of fused-ring (bicyclic) bond motifs is 1. The highest BCUT2D eigenvalue weighted by atomic mass is 16.3. The van der Waals surface area contributed by atoms with Crippen LogP contribution in [-0.4, -0.2) is 0 Å². The van der Waals surface area contributed by atoms with Gasteiger partial charge in [-0.05, 0) is 11.6 Å². The van der Waals surface area contributed by atoms with Crippen LogP contribution in [0.4, 0.5) is 0 Å². The van der Waals surface area contributed by atoms with Crippen LogP contribution in [0.15, 0.2) is 71.1 Å². The van der Waals surface area contributed by atoms with E-state index in [1.54, 1.807) is 12.1 Å². The smallest absolute Gasteiger partial charge is 0.186 e. The Morgan fingerprint density at radius 1 is 0.793 bits per heavy atom. The number of hydrogen-bond acceptors (Lipinski definition) is 5. The first kappa shape index (κ1) is 18.1. The van der Waals surface area contributed by atoms with Crippen molar-refractivity contribution in [2.75, 3.05) is 0 Å². The van der Waals surface area contributed by atoms with Gasteiger partial charge < -0.3 is 4.42 Å². The molecule has 1 heterocycles. The zero-order chi connectivity index (χ0) is 20.5. The molecule has 136 valence electrons. The van der Waals surface area contributed by atoms with E-state index < -0.39 is 16.7 Å². The average Bonchev–Trinajstić information content (AvgIpc) is 3.21. The molecule has 3 aromatic rings. The molecule has 0 spiro atoms. The maximum absolute atomic E-state index is 10.1. The lowest BCUT2D eigenvalue weighted by atomic mass is 9.52. The lowest BCUT2D eigenvalue weighted by molar-refractivity contribution is 0.225. The minimum Gasteiger partial charge on any atom is -0.461 e. The molecule has 0 fully saturated rings. The second-order valence-electron chi connectivity index (χ2n) is 7.04. The lowest BCUT2D eigenvalue weighted by Gasteiger charge is -2.41. The van der Waals surface area contributed by atoms with Crippen LogP contribution < -0.4 is 0 Å². The molecule has 1 aromatic heterocycles. The van der Waals surface area contributed by atoms with Gasteiger partial charge in [-0.15, -0.1) is 0 Å². The summed E-state index contributed by atoms with van der Waals surface area (Å²) >= 11 is 0. The predicted molar refractivity (Wildman–Crippen MR) is 103 cm³/mol. The molecule has 0 bridgehead atoms. The van der Waals surface area contributed by atoms with Crippen LogP contribution in [-0.2, 0) is 6.42 Å². The molecular weight excluding hydrogens is 360 g/mol. The van der Waals surface area contributed by atoms with Crippen molar-refractivity contribution in [2.45, 2.75) is 12.3 Å². The largest absolute Gasteiger partial charge is 0.461 e. The van der Waals surface area contributed by atoms with Crippen molar-refractivity contribution in [2.24, 2.45) is 10.8 Å². The zero-order valence-electron chi connectivity index (χ0n) is 15.3. The van der Waals surface area contributed by atoms with Gasteiger partial charge >= 0.3 is 0 Å². The highest BCUT2D eigenvalue weighted by Crippen LogP contribution is 2.58. The Labute approximate surface area is 168 Å². The fraction of sp³-hybridized carbons (Fsp3) is 0.167. The van der Waals surface area contributed by atoms with E-state index in [1.165, 1.54) is 0 Å². The van der Waals surface area contributed by atoms with E-state index in [0.29, 0.717) is 22.6 Å². The first-order valence-corrected chi connectivity index (χ1v) is 9.02. The Hall–Kier alpha value is -4.32. The summed E-state index contributed by atoms with van der Waals surface area (Å²) in [5, 5.41) is 40.1. The average molecular weight is 374 g/mol. The van der Waals surface area contributed by atoms with E-state index in [0.717, 1.165) is 5.56 Å². The summed E-state index contributed by atoms with van der Waals surface area (Å²) in [4.78, 5) is 0. The second kappa shape index (κ2) is 6.69. The standard InChI is InChI=1S/C24H14N4O/c25-13-23(14-26)12-21-19(11-20(29-21)17-7-3-1-4-8-17)22(24(23,15-27)16-28)18-9-5-2-6-10-18/h1-11,22H,12H2. The van der Waals surface area contributed by atoms with Crippen molar-refractivity contribution in [3.63, 3.8) is 0 Å². The molecule has 0 N–H and O–H groups in total. The fourth-order valence-corrected chi connectivity index (χ4v) is 4.13. The second-order valence-corrected chi connectivity index (χ2v) is 7.04. The summed E-state index contributed by atoms with van der Waals surface area (Å²) in [6.07, 6.45) is -0.118. The summed E-state index contributed by atoms with van der Waals surface area (Å²) in [6, 6.07) is 28.4. The van der Waals surface area contributed by atoms with Crippen molar-refractivity contribution in [3.8, 4) is 35.6 Å². The van der Waals surface area contributed by atoms with Crippen LogP contribution in [0, 0.1) is 56.2 Å². The van der Waals surface area contributed by atoms with Crippen molar-refractivity contribution < 1.29 is 4.42 Å². The fourth-order valence-electron chi connectivity index (χ4n) is 4.13. The summed E-state index contributed by atoms with van der Waals surface area (Å²) in [5.41, 5.74) is -1.53. The molecule has 1 aliphatic rings. The molecule has 5 heteroatoms. The van der Waals surface area contributed by atoms with Crippen molar-refractivity contribution in [3.05, 3.63) is 83.6 Å². The van der Waals surface area contributed by atoms with Crippen molar-refractivity contribution in [1.82, 2.24) is 0 Å². The summed E-state index contributed by atoms with van der Waals surface area (Å²) < 4.78 is 6.06. The quantitative estimate of drug-likeness (QED) is 0.646. The topological polar surface area (TPSA) is 108 Å². The van der Waals surface area contributed by atoms with Crippen molar-refractivity contribution >= 4 is 0 Å². The number of furan rings is 1. The first-order chi connectivity index (χ1) is 14.1. The molecule has 1 atom stereocenters. The molecule has 4 rings (SSSR count).